The largest absolute Gasteiger partial charge is 0.363 e. The number of rotatable bonds is 5. The monoisotopic (exact) mass is 256 g/mol. The molecule has 1 saturated heterocycles. The molecule has 3 heteroatoms. The number of thiocarbonyl (C=S) groups is 1. The first-order valence-electron chi connectivity index (χ1n) is 7.20. The summed E-state index contributed by atoms with van der Waals surface area (Å²) in [6.45, 7) is 10.2. The van der Waals surface area contributed by atoms with E-state index in [0.717, 1.165) is 24.7 Å². The lowest BCUT2D eigenvalue weighted by molar-refractivity contribution is 0.135. The van der Waals surface area contributed by atoms with Gasteiger partial charge in [-0.05, 0) is 36.9 Å². The highest BCUT2D eigenvalue weighted by Gasteiger charge is 2.31. The summed E-state index contributed by atoms with van der Waals surface area (Å²) in [5.74, 6) is 0. The molecule has 0 saturated carbocycles. The van der Waals surface area contributed by atoms with Gasteiger partial charge >= 0.3 is 0 Å². The third-order valence-electron chi connectivity index (χ3n) is 4.42. The minimum Gasteiger partial charge on any atom is -0.363 e. The van der Waals surface area contributed by atoms with E-state index >= 15 is 0 Å². The number of nitrogens with zero attached hydrogens (tertiary/aromatic N) is 1. The molecule has 0 spiro atoms. The van der Waals surface area contributed by atoms with Crippen molar-refractivity contribution in [1.29, 1.82) is 0 Å². The molecule has 1 heterocycles. The minimum absolute atomic E-state index is 0.593. The van der Waals surface area contributed by atoms with Crippen molar-refractivity contribution in [2.45, 2.75) is 59.3 Å². The molecule has 0 atom stereocenters. The minimum atomic E-state index is 0.593. The van der Waals surface area contributed by atoms with Crippen molar-refractivity contribution >= 4 is 17.3 Å². The molecule has 100 valence electrons. The van der Waals surface area contributed by atoms with E-state index in [-0.39, 0.29) is 0 Å². The Morgan fingerprint density at radius 1 is 1.18 bits per heavy atom. The first kappa shape index (κ1) is 14.7. The Morgan fingerprint density at radius 3 is 2.24 bits per heavy atom. The van der Waals surface area contributed by atoms with Gasteiger partial charge in [-0.1, -0.05) is 40.0 Å². The van der Waals surface area contributed by atoms with Crippen LogP contribution in [-0.4, -0.2) is 29.6 Å². The summed E-state index contributed by atoms with van der Waals surface area (Å²) in [5.41, 5.74) is 0.593. The quantitative estimate of drug-likeness (QED) is 0.598. The van der Waals surface area contributed by atoms with E-state index in [1.807, 2.05) is 0 Å². The van der Waals surface area contributed by atoms with Gasteiger partial charge in [0, 0.05) is 19.6 Å². The third kappa shape index (κ3) is 4.13. The van der Waals surface area contributed by atoms with E-state index in [4.69, 9.17) is 12.2 Å². The summed E-state index contributed by atoms with van der Waals surface area (Å²) in [6, 6.07) is 0. The number of piperidine rings is 1. The van der Waals surface area contributed by atoms with Crippen molar-refractivity contribution in [3.05, 3.63) is 0 Å². The zero-order valence-electron chi connectivity index (χ0n) is 11.7. The highest BCUT2D eigenvalue weighted by atomic mass is 32.1. The Hall–Kier alpha value is -0.310. The van der Waals surface area contributed by atoms with Gasteiger partial charge in [0.1, 0.15) is 0 Å². The average Bonchev–Trinajstić information content (AvgIpc) is 2.39. The molecule has 0 aliphatic carbocycles. The molecule has 0 radical (unpaired) electrons. The lowest BCUT2D eigenvalue weighted by atomic mass is 9.74. The second-order valence-corrected chi connectivity index (χ2v) is 5.67. The number of likely N-dealkylation sites (tertiary alicyclic amines) is 1. The van der Waals surface area contributed by atoms with Crippen LogP contribution in [0, 0.1) is 5.41 Å². The Morgan fingerprint density at radius 2 is 1.76 bits per heavy atom. The molecular weight excluding hydrogens is 228 g/mol. The van der Waals surface area contributed by atoms with Gasteiger partial charge in [-0.25, -0.2) is 0 Å². The maximum Gasteiger partial charge on any atom is 0.168 e. The molecule has 2 nitrogen and oxygen atoms in total. The molecule has 1 fully saturated rings. The fourth-order valence-corrected chi connectivity index (χ4v) is 2.91. The van der Waals surface area contributed by atoms with Gasteiger partial charge in [0.2, 0.25) is 0 Å². The van der Waals surface area contributed by atoms with Crippen molar-refractivity contribution in [3.8, 4) is 0 Å². The number of nitrogens with one attached hydrogen (secondary N) is 1. The molecule has 0 aromatic carbocycles. The molecule has 1 N–H and O–H groups in total. The summed E-state index contributed by atoms with van der Waals surface area (Å²) in [7, 11) is 0. The molecule has 0 aromatic heterocycles. The van der Waals surface area contributed by atoms with Crippen LogP contribution in [0.5, 0.6) is 0 Å². The van der Waals surface area contributed by atoms with Crippen LogP contribution in [0.25, 0.3) is 0 Å². The second-order valence-electron chi connectivity index (χ2n) is 5.28. The Labute approximate surface area is 112 Å². The van der Waals surface area contributed by atoms with Crippen molar-refractivity contribution in [3.63, 3.8) is 0 Å². The van der Waals surface area contributed by atoms with Crippen LogP contribution in [0.4, 0.5) is 0 Å². The molecule has 1 aliphatic rings. The summed E-state index contributed by atoms with van der Waals surface area (Å²) in [4.78, 5) is 2.36. The number of hydrogen-bond acceptors (Lipinski definition) is 1. The van der Waals surface area contributed by atoms with Gasteiger partial charge in [0.25, 0.3) is 0 Å². The topological polar surface area (TPSA) is 15.3 Å². The van der Waals surface area contributed by atoms with E-state index in [0.29, 0.717) is 5.41 Å². The van der Waals surface area contributed by atoms with Gasteiger partial charge in [-0.3, -0.25) is 0 Å². The van der Waals surface area contributed by atoms with Crippen LogP contribution in [0.3, 0.4) is 0 Å². The van der Waals surface area contributed by atoms with Gasteiger partial charge < -0.3 is 10.2 Å². The predicted octanol–water partition coefficient (Wildman–Crippen LogP) is 3.56. The average molecular weight is 256 g/mol. The molecule has 0 amide bonds. The summed E-state index contributed by atoms with van der Waals surface area (Å²) >= 11 is 5.45. The number of hydrogen-bond donors (Lipinski definition) is 1. The molecule has 0 bridgehead atoms. The maximum atomic E-state index is 5.45. The maximum absolute atomic E-state index is 5.45. The van der Waals surface area contributed by atoms with Gasteiger partial charge in [-0.2, -0.15) is 0 Å². The summed E-state index contributed by atoms with van der Waals surface area (Å²) in [5, 5.41) is 4.35. The van der Waals surface area contributed by atoms with Gasteiger partial charge in [-0.15, -0.1) is 0 Å². The lowest BCUT2D eigenvalue weighted by Gasteiger charge is -2.42. The molecule has 17 heavy (non-hydrogen) atoms. The molecule has 1 aliphatic heterocycles. The van der Waals surface area contributed by atoms with Crippen molar-refractivity contribution in [1.82, 2.24) is 10.2 Å². The Bertz CT molecular complexity index is 226. The standard InChI is InChI=1S/C14H28N2S/c1-4-7-10-15-13(17)16-11-8-14(5-2,6-3)9-12-16/h4-12H2,1-3H3,(H,15,17). The molecular formula is C14H28N2S. The van der Waals surface area contributed by atoms with Crippen LogP contribution in [0.1, 0.15) is 59.3 Å². The van der Waals surface area contributed by atoms with E-state index < -0.39 is 0 Å². The van der Waals surface area contributed by atoms with E-state index in [9.17, 15) is 0 Å². The highest BCUT2D eigenvalue weighted by Crippen LogP contribution is 2.37. The fraction of sp³-hybridized carbons (Fsp3) is 0.929. The van der Waals surface area contributed by atoms with Gasteiger partial charge in [0.05, 0.1) is 0 Å². The van der Waals surface area contributed by atoms with Crippen molar-refractivity contribution < 1.29 is 0 Å². The zero-order valence-corrected chi connectivity index (χ0v) is 12.5. The van der Waals surface area contributed by atoms with Gasteiger partial charge in [0.15, 0.2) is 5.11 Å². The Balaban J connectivity index is 2.33. The lowest BCUT2D eigenvalue weighted by Crippen LogP contribution is -2.47. The highest BCUT2D eigenvalue weighted by molar-refractivity contribution is 7.80. The van der Waals surface area contributed by atoms with Crippen LogP contribution in [0.2, 0.25) is 0 Å². The smallest absolute Gasteiger partial charge is 0.168 e. The summed E-state index contributed by atoms with van der Waals surface area (Å²) in [6.07, 6.45) is 7.66. The molecule has 0 aromatic rings. The van der Waals surface area contributed by atoms with E-state index in [1.165, 1.54) is 38.5 Å². The molecule has 0 unspecified atom stereocenters. The second kappa shape index (κ2) is 7.20. The van der Waals surface area contributed by atoms with Crippen LogP contribution >= 0.6 is 12.2 Å². The first-order valence-corrected chi connectivity index (χ1v) is 7.61. The zero-order chi connectivity index (χ0) is 12.7. The third-order valence-corrected chi connectivity index (χ3v) is 4.82. The van der Waals surface area contributed by atoms with E-state index in [2.05, 4.69) is 31.0 Å². The normalized spacial score (nSPS) is 19.1. The Kier molecular flexibility index (Phi) is 6.24. The summed E-state index contributed by atoms with van der Waals surface area (Å²) < 4.78 is 0. The van der Waals surface area contributed by atoms with Crippen LogP contribution in [-0.2, 0) is 0 Å². The SMILES string of the molecule is CCCCNC(=S)N1CCC(CC)(CC)CC1. The predicted molar refractivity (Wildman–Crippen MR) is 79.3 cm³/mol. The number of unbranched alkanes of at least 4 members (excludes halogenated alkanes) is 1. The van der Waals surface area contributed by atoms with E-state index in [1.54, 1.807) is 0 Å². The fourth-order valence-electron chi connectivity index (χ4n) is 2.63. The van der Waals surface area contributed by atoms with Crippen molar-refractivity contribution in [2.24, 2.45) is 5.41 Å². The van der Waals surface area contributed by atoms with Crippen molar-refractivity contribution in [2.75, 3.05) is 19.6 Å². The first-order chi connectivity index (χ1) is 8.17. The van der Waals surface area contributed by atoms with Crippen LogP contribution < -0.4 is 5.32 Å². The van der Waals surface area contributed by atoms with Crippen LogP contribution in [0.15, 0.2) is 0 Å². The molecule has 1 rings (SSSR count).